The Morgan fingerprint density at radius 1 is 1.17 bits per heavy atom. The summed E-state index contributed by atoms with van der Waals surface area (Å²) in [4.78, 5) is 11.5. The minimum absolute atomic E-state index is 0.0483. The van der Waals surface area contributed by atoms with Crippen LogP contribution in [0.4, 0.5) is 0 Å². The van der Waals surface area contributed by atoms with Gasteiger partial charge in [-0.2, -0.15) is 5.26 Å². The smallest absolute Gasteiger partial charge is 0.180 e. The maximum absolute atomic E-state index is 11.5. The first-order valence-electron chi connectivity index (χ1n) is 7.08. The van der Waals surface area contributed by atoms with Crippen LogP contribution in [-0.2, 0) is 6.61 Å². The van der Waals surface area contributed by atoms with Gasteiger partial charge >= 0.3 is 0 Å². The number of ketones is 1. The number of halogens is 1. The van der Waals surface area contributed by atoms with Gasteiger partial charge in [-0.25, -0.2) is 0 Å². The molecule has 0 saturated heterocycles. The molecule has 24 heavy (non-hydrogen) atoms. The zero-order valence-corrected chi connectivity index (χ0v) is 14.3. The van der Waals surface area contributed by atoms with Crippen molar-refractivity contribution < 1.29 is 19.0 Å². The van der Waals surface area contributed by atoms with Crippen molar-refractivity contribution in [1.29, 1.82) is 5.26 Å². The molecule has 6 heteroatoms. The lowest BCUT2D eigenvalue weighted by atomic mass is 10.1. The van der Waals surface area contributed by atoms with E-state index in [2.05, 4.69) is 0 Å². The molecule has 0 aliphatic rings. The van der Waals surface area contributed by atoms with Crippen molar-refractivity contribution in [2.75, 3.05) is 14.2 Å². The lowest BCUT2D eigenvalue weighted by molar-refractivity contribution is 0.101. The summed E-state index contributed by atoms with van der Waals surface area (Å²) in [6.07, 6.45) is 0. The molecule has 0 aliphatic heterocycles. The molecule has 0 amide bonds. The third-order valence-electron chi connectivity index (χ3n) is 3.42. The normalized spacial score (nSPS) is 9.96. The summed E-state index contributed by atoms with van der Waals surface area (Å²) in [6.45, 7) is 1.62. The Morgan fingerprint density at radius 3 is 2.46 bits per heavy atom. The summed E-state index contributed by atoms with van der Waals surface area (Å²) in [5, 5.41) is 9.25. The fraction of sp³-hybridized carbons (Fsp3) is 0.222. The highest BCUT2D eigenvalue weighted by Gasteiger charge is 2.14. The average molecular weight is 346 g/mol. The van der Waals surface area contributed by atoms with Crippen LogP contribution in [0.25, 0.3) is 0 Å². The van der Waals surface area contributed by atoms with Gasteiger partial charge in [0.05, 0.1) is 30.9 Å². The maximum atomic E-state index is 11.5. The van der Waals surface area contributed by atoms with Crippen LogP contribution in [0.2, 0.25) is 5.02 Å². The second-order valence-electron chi connectivity index (χ2n) is 4.97. The van der Waals surface area contributed by atoms with Crippen LogP contribution in [0, 0.1) is 11.3 Å². The highest BCUT2D eigenvalue weighted by atomic mass is 35.5. The first kappa shape index (κ1) is 17.6. The summed E-state index contributed by atoms with van der Waals surface area (Å²) < 4.78 is 16.3. The molecule has 2 rings (SSSR count). The van der Waals surface area contributed by atoms with Gasteiger partial charge in [-0.05, 0) is 31.2 Å². The second kappa shape index (κ2) is 7.71. The van der Waals surface area contributed by atoms with E-state index in [-0.39, 0.29) is 17.4 Å². The molecule has 0 saturated carbocycles. The number of hydrogen-bond acceptors (Lipinski definition) is 5. The number of carbonyl (C=O) groups is 1. The fourth-order valence-electron chi connectivity index (χ4n) is 2.18. The summed E-state index contributed by atoms with van der Waals surface area (Å²) in [5.74, 6) is 1.24. The number of Topliss-reactive ketones (excluding diaryl/α,β-unsaturated/α-hetero) is 1. The van der Waals surface area contributed by atoms with E-state index in [1.807, 2.05) is 6.07 Å². The van der Waals surface area contributed by atoms with Crippen LogP contribution in [0.3, 0.4) is 0 Å². The predicted octanol–water partition coefficient (Wildman–Crippen LogP) is 4.01. The van der Waals surface area contributed by atoms with Crippen LogP contribution in [0.15, 0.2) is 30.3 Å². The molecule has 0 N–H and O–H groups in total. The van der Waals surface area contributed by atoms with Crippen molar-refractivity contribution in [2.24, 2.45) is 0 Å². The minimum Gasteiger partial charge on any atom is -0.496 e. The molecule has 2 aromatic rings. The van der Waals surface area contributed by atoms with Gasteiger partial charge in [0.15, 0.2) is 17.3 Å². The van der Waals surface area contributed by atoms with Gasteiger partial charge in [0.1, 0.15) is 12.4 Å². The molecule has 0 aliphatic carbocycles. The molecule has 0 heterocycles. The zero-order valence-electron chi connectivity index (χ0n) is 13.6. The van der Waals surface area contributed by atoms with Gasteiger partial charge in [0, 0.05) is 17.2 Å². The van der Waals surface area contributed by atoms with E-state index in [9.17, 15) is 4.79 Å². The molecule has 5 nitrogen and oxygen atoms in total. The van der Waals surface area contributed by atoms with Crippen LogP contribution < -0.4 is 14.2 Å². The quantitative estimate of drug-likeness (QED) is 0.740. The molecule has 0 fully saturated rings. The topological polar surface area (TPSA) is 68.5 Å². The highest BCUT2D eigenvalue weighted by Crippen LogP contribution is 2.37. The predicted molar refractivity (Wildman–Crippen MR) is 90.0 cm³/mol. The molecule has 2 aromatic carbocycles. The molecule has 0 radical (unpaired) electrons. The molecule has 0 bridgehead atoms. The number of hydrogen-bond donors (Lipinski definition) is 0. The van der Waals surface area contributed by atoms with E-state index in [1.165, 1.54) is 20.1 Å². The first-order valence-corrected chi connectivity index (χ1v) is 7.46. The first-order chi connectivity index (χ1) is 11.5. The summed E-state index contributed by atoms with van der Waals surface area (Å²) >= 11 is 6.17. The molecule has 0 unspecified atom stereocenters. The Kier molecular flexibility index (Phi) is 5.67. The number of nitrogens with zero attached hydrogens (tertiary/aromatic N) is 1. The third kappa shape index (κ3) is 3.79. The lowest BCUT2D eigenvalue weighted by Gasteiger charge is -2.15. The van der Waals surface area contributed by atoms with Crippen molar-refractivity contribution in [2.45, 2.75) is 13.5 Å². The van der Waals surface area contributed by atoms with Crippen molar-refractivity contribution in [3.05, 3.63) is 52.0 Å². The summed E-state index contributed by atoms with van der Waals surface area (Å²) in [7, 11) is 3.01. The third-order valence-corrected chi connectivity index (χ3v) is 3.70. The van der Waals surface area contributed by atoms with E-state index in [0.29, 0.717) is 33.9 Å². The van der Waals surface area contributed by atoms with E-state index in [1.54, 1.807) is 31.4 Å². The standard InChI is InChI=1S/C18H16ClNO4/c1-11(21)13-4-5-16(22-2)14(8-13)10-24-18-15(19)6-12(9-20)7-17(18)23-3/h4-8H,10H2,1-3H3. The number of benzene rings is 2. The van der Waals surface area contributed by atoms with Crippen LogP contribution in [0.1, 0.15) is 28.4 Å². The zero-order chi connectivity index (χ0) is 17.7. The summed E-state index contributed by atoms with van der Waals surface area (Å²) in [6, 6.07) is 10.2. The number of nitriles is 1. The summed E-state index contributed by atoms with van der Waals surface area (Å²) in [5.41, 5.74) is 1.64. The van der Waals surface area contributed by atoms with E-state index < -0.39 is 0 Å². The van der Waals surface area contributed by atoms with Gasteiger partial charge in [-0.15, -0.1) is 0 Å². The molecule has 0 aromatic heterocycles. The Balaban J connectivity index is 2.33. The number of rotatable bonds is 6. The van der Waals surface area contributed by atoms with Gasteiger partial charge < -0.3 is 14.2 Å². The minimum atomic E-state index is -0.0483. The monoisotopic (exact) mass is 345 g/mol. The Morgan fingerprint density at radius 2 is 1.88 bits per heavy atom. The van der Waals surface area contributed by atoms with E-state index in [4.69, 9.17) is 31.1 Å². The fourth-order valence-corrected chi connectivity index (χ4v) is 2.45. The second-order valence-corrected chi connectivity index (χ2v) is 5.38. The van der Waals surface area contributed by atoms with Crippen molar-refractivity contribution in [1.82, 2.24) is 0 Å². The molecular formula is C18H16ClNO4. The molecular weight excluding hydrogens is 330 g/mol. The van der Waals surface area contributed by atoms with Crippen LogP contribution in [0.5, 0.6) is 17.2 Å². The molecule has 0 atom stereocenters. The number of methoxy groups -OCH3 is 2. The Hall–Kier alpha value is -2.71. The average Bonchev–Trinajstić information content (AvgIpc) is 2.59. The van der Waals surface area contributed by atoms with Crippen molar-refractivity contribution in [3.8, 4) is 23.3 Å². The SMILES string of the molecule is COc1ccc(C(C)=O)cc1COc1c(Cl)cc(C#N)cc1OC. The van der Waals surface area contributed by atoms with Gasteiger partial charge in [-0.1, -0.05) is 11.6 Å². The van der Waals surface area contributed by atoms with Crippen molar-refractivity contribution in [3.63, 3.8) is 0 Å². The maximum Gasteiger partial charge on any atom is 0.180 e. The number of ether oxygens (including phenoxy) is 3. The largest absolute Gasteiger partial charge is 0.496 e. The number of carbonyl (C=O) groups excluding carboxylic acids is 1. The van der Waals surface area contributed by atoms with E-state index >= 15 is 0 Å². The Labute approximate surface area is 145 Å². The van der Waals surface area contributed by atoms with Gasteiger partial charge in [-0.3, -0.25) is 4.79 Å². The van der Waals surface area contributed by atoms with Crippen molar-refractivity contribution >= 4 is 17.4 Å². The van der Waals surface area contributed by atoms with Gasteiger partial charge in [0.25, 0.3) is 0 Å². The van der Waals surface area contributed by atoms with E-state index in [0.717, 1.165) is 0 Å². The molecule has 124 valence electrons. The van der Waals surface area contributed by atoms with Gasteiger partial charge in [0.2, 0.25) is 0 Å². The lowest BCUT2D eigenvalue weighted by Crippen LogP contribution is -2.03. The van der Waals surface area contributed by atoms with Crippen LogP contribution in [-0.4, -0.2) is 20.0 Å². The van der Waals surface area contributed by atoms with Crippen LogP contribution >= 0.6 is 11.6 Å². The Bertz CT molecular complexity index is 811. The molecule has 0 spiro atoms. The highest BCUT2D eigenvalue weighted by molar-refractivity contribution is 6.32.